The Balaban J connectivity index is 3.01. The highest BCUT2D eigenvalue weighted by molar-refractivity contribution is 5.69. The second-order valence-corrected chi connectivity index (χ2v) is 5.13. The molecule has 0 aromatic heterocycles. The van der Waals surface area contributed by atoms with Crippen LogP contribution in [0.5, 0.6) is 0 Å². The molecule has 0 rings (SSSR count). The van der Waals surface area contributed by atoms with Gasteiger partial charge in [-0.15, -0.1) is 0 Å². The van der Waals surface area contributed by atoms with Gasteiger partial charge in [-0.1, -0.05) is 57.8 Å². The summed E-state index contributed by atoms with van der Waals surface area (Å²) in [6.45, 7) is 2.17. The smallest absolute Gasteiger partial charge is 0.305 e. The average molecular weight is 274 g/mol. The molecular weight excluding hydrogens is 243 g/mol. The second kappa shape index (κ2) is 15.5. The first kappa shape index (κ1) is 18.4. The van der Waals surface area contributed by atoms with Crippen molar-refractivity contribution in [2.45, 2.75) is 84.0 Å². The van der Waals surface area contributed by atoms with Crippen molar-refractivity contribution in [3.8, 4) is 0 Å². The van der Waals surface area contributed by atoms with Crippen molar-refractivity contribution in [3.63, 3.8) is 0 Å². The zero-order chi connectivity index (χ0) is 14.2. The van der Waals surface area contributed by atoms with Crippen molar-refractivity contribution in [2.75, 3.05) is 13.3 Å². The molecule has 0 atom stereocenters. The van der Waals surface area contributed by atoms with Gasteiger partial charge in [0.2, 0.25) is 0 Å². The topological polar surface area (TPSA) is 26.3 Å². The molecule has 0 saturated carbocycles. The third-order valence-corrected chi connectivity index (χ3v) is 3.32. The fourth-order valence-corrected chi connectivity index (χ4v) is 2.19. The molecule has 0 unspecified atom stereocenters. The molecule has 2 nitrogen and oxygen atoms in total. The highest BCUT2D eigenvalue weighted by atomic mass is 19.1. The van der Waals surface area contributed by atoms with Crippen LogP contribution in [0.1, 0.15) is 84.0 Å². The number of halogens is 1. The molecule has 0 aromatic rings. The number of hydrogen-bond donors (Lipinski definition) is 0. The van der Waals surface area contributed by atoms with Crippen LogP contribution in [-0.2, 0) is 9.53 Å². The van der Waals surface area contributed by atoms with Gasteiger partial charge in [-0.25, -0.2) is 0 Å². The number of alkyl halides is 1. The normalized spacial score (nSPS) is 10.6. The van der Waals surface area contributed by atoms with Crippen LogP contribution in [0.3, 0.4) is 0 Å². The fraction of sp³-hybridized carbons (Fsp3) is 0.938. The molecule has 0 radical (unpaired) electrons. The van der Waals surface area contributed by atoms with Crippen LogP contribution in [0.25, 0.3) is 0 Å². The molecule has 0 spiro atoms. The predicted octanol–water partition coefficient (Wildman–Crippen LogP) is 5.20. The minimum Gasteiger partial charge on any atom is -0.466 e. The summed E-state index contributed by atoms with van der Waals surface area (Å²) in [5.74, 6) is -0.0595. The molecule has 0 heterocycles. The third kappa shape index (κ3) is 15.3. The molecule has 0 aliphatic rings. The van der Waals surface area contributed by atoms with E-state index in [0.717, 1.165) is 25.7 Å². The molecule has 114 valence electrons. The van der Waals surface area contributed by atoms with E-state index in [1.165, 1.54) is 44.9 Å². The van der Waals surface area contributed by atoms with Crippen LogP contribution in [0.15, 0.2) is 0 Å². The standard InChI is InChI=1S/C16H31FO2/c1-2-19-16(18)14-12-10-8-6-4-3-5-7-9-11-13-15-17/h2-15H2,1H3. The summed E-state index contributed by atoms with van der Waals surface area (Å²) < 4.78 is 16.7. The summed E-state index contributed by atoms with van der Waals surface area (Å²) in [5.41, 5.74) is 0. The van der Waals surface area contributed by atoms with Crippen molar-refractivity contribution in [1.29, 1.82) is 0 Å². The Morgan fingerprint density at radius 1 is 0.789 bits per heavy atom. The summed E-state index contributed by atoms with van der Waals surface area (Å²) in [6.07, 6.45) is 13.3. The summed E-state index contributed by atoms with van der Waals surface area (Å²) in [6, 6.07) is 0. The van der Waals surface area contributed by atoms with Crippen molar-refractivity contribution < 1.29 is 13.9 Å². The Morgan fingerprint density at radius 2 is 1.21 bits per heavy atom. The summed E-state index contributed by atoms with van der Waals surface area (Å²) in [7, 11) is 0. The number of unbranched alkanes of at least 4 members (excludes halogenated alkanes) is 10. The summed E-state index contributed by atoms with van der Waals surface area (Å²) >= 11 is 0. The fourth-order valence-electron chi connectivity index (χ4n) is 2.19. The molecule has 0 bridgehead atoms. The lowest BCUT2D eigenvalue weighted by Crippen LogP contribution is -2.03. The average Bonchev–Trinajstić information content (AvgIpc) is 2.40. The van der Waals surface area contributed by atoms with E-state index in [1.807, 2.05) is 6.92 Å². The lowest BCUT2D eigenvalue weighted by molar-refractivity contribution is -0.143. The van der Waals surface area contributed by atoms with Crippen molar-refractivity contribution in [1.82, 2.24) is 0 Å². The van der Waals surface area contributed by atoms with E-state index in [-0.39, 0.29) is 12.6 Å². The van der Waals surface area contributed by atoms with Gasteiger partial charge >= 0.3 is 5.97 Å². The molecule has 0 N–H and O–H groups in total. The second-order valence-electron chi connectivity index (χ2n) is 5.13. The number of carbonyl (C=O) groups excluding carboxylic acids is 1. The van der Waals surface area contributed by atoms with Gasteiger partial charge in [0.25, 0.3) is 0 Å². The van der Waals surface area contributed by atoms with E-state index in [9.17, 15) is 9.18 Å². The van der Waals surface area contributed by atoms with Crippen LogP contribution < -0.4 is 0 Å². The number of rotatable bonds is 14. The molecule has 0 amide bonds. The Morgan fingerprint density at radius 3 is 1.63 bits per heavy atom. The Hall–Kier alpha value is -0.600. The van der Waals surface area contributed by atoms with E-state index < -0.39 is 0 Å². The minimum atomic E-state index is -0.161. The molecular formula is C16H31FO2. The molecule has 0 saturated heterocycles. The monoisotopic (exact) mass is 274 g/mol. The molecule has 0 aliphatic heterocycles. The number of esters is 1. The van der Waals surface area contributed by atoms with E-state index in [4.69, 9.17) is 4.74 Å². The first-order valence-electron chi connectivity index (χ1n) is 8.02. The molecule has 0 aromatic carbocycles. The maximum Gasteiger partial charge on any atom is 0.305 e. The Kier molecular flexibility index (Phi) is 15.0. The van der Waals surface area contributed by atoms with Gasteiger partial charge in [-0.3, -0.25) is 9.18 Å². The van der Waals surface area contributed by atoms with Gasteiger partial charge in [-0.05, 0) is 19.8 Å². The van der Waals surface area contributed by atoms with Gasteiger partial charge in [0.15, 0.2) is 0 Å². The Labute approximate surface area is 118 Å². The van der Waals surface area contributed by atoms with Gasteiger partial charge in [0, 0.05) is 6.42 Å². The summed E-state index contributed by atoms with van der Waals surface area (Å²) in [5, 5.41) is 0. The van der Waals surface area contributed by atoms with Crippen LogP contribution >= 0.6 is 0 Å². The van der Waals surface area contributed by atoms with Crippen LogP contribution in [0.4, 0.5) is 4.39 Å². The van der Waals surface area contributed by atoms with E-state index in [0.29, 0.717) is 13.0 Å². The van der Waals surface area contributed by atoms with Gasteiger partial charge in [0.05, 0.1) is 13.3 Å². The highest BCUT2D eigenvalue weighted by Crippen LogP contribution is 2.12. The van der Waals surface area contributed by atoms with Gasteiger partial charge in [-0.2, -0.15) is 0 Å². The number of carbonyl (C=O) groups is 1. The molecule has 0 aliphatic carbocycles. The van der Waals surface area contributed by atoms with Crippen molar-refractivity contribution in [2.24, 2.45) is 0 Å². The largest absolute Gasteiger partial charge is 0.466 e. The van der Waals surface area contributed by atoms with Crippen LogP contribution in [0, 0.1) is 0 Å². The van der Waals surface area contributed by atoms with Crippen LogP contribution in [-0.4, -0.2) is 19.3 Å². The first-order valence-corrected chi connectivity index (χ1v) is 8.02. The van der Waals surface area contributed by atoms with Crippen LogP contribution in [0.2, 0.25) is 0 Å². The van der Waals surface area contributed by atoms with Gasteiger partial charge in [0.1, 0.15) is 0 Å². The van der Waals surface area contributed by atoms with Crippen molar-refractivity contribution >= 4 is 5.97 Å². The molecule has 3 heteroatoms. The zero-order valence-corrected chi connectivity index (χ0v) is 12.6. The maximum absolute atomic E-state index is 11.8. The molecule has 19 heavy (non-hydrogen) atoms. The molecule has 0 fully saturated rings. The predicted molar refractivity (Wildman–Crippen MR) is 78.0 cm³/mol. The maximum atomic E-state index is 11.8. The zero-order valence-electron chi connectivity index (χ0n) is 12.6. The highest BCUT2D eigenvalue weighted by Gasteiger charge is 2.00. The summed E-state index contributed by atoms with van der Waals surface area (Å²) in [4.78, 5) is 11.1. The number of ether oxygens (including phenoxy) is 1. The van der Waals surface area contributed by atoms with Gasteiger partial charge < -0.3 is 4.74 Å². The minimum absolute atomic E-state index is 0.0595. The van der Waals surface area contributed by atoms with Crippen molar-refractivity contribution in [3.05, 3.63) is 0 Å². The SMILES string of the molecule is CCOC(=O)CCCCCCCCCCCCCF. The first-order chi connectivity index (χ1) is 9.31. The quantitative estimate of drug-likeness (QED) is 0.321. The van der Waals surface area contributed by atoms with E-state index in [2.05, 4.69) is 0 Å². The number of hydrogen-bond acceptors (Lipinski definition) is 2. The lowest BCUT2D eigenvalue weighted by atomic mass is 10.1. The van der Waals surface area contributed by atoms with E-state index in [1.54, 1.807) is 0 Å². The third-order valence-electron chi connectivity index (χ3n) is 3.32. The van der Waals surface area contributed by atoms with E-state index >= 15 is 0 Å². The Bertz CT molecular complexity index is 195. The lowest BCUT2D eigenvalue weighted by Gasteiger charge is -2.03.